The lowest BCUT2D eigenvalue weighted by atomic mass is 9.64. The number of hydrogen-bond donors (Lipinski definition) is 0. The zero-order chi connectivity index (χ0) is 28.0. The molecule has 5 heterocycles. The maximum absolute atomic E-state index is 13.2. The molecule has 1 aliphatic heterocycles. The summed E-state index contributed by atoms with van der Waals surface area (Å²) in [5.41, 5.74) is 2.50. The summed E-state index contributed by atoms with van der Waals surface area (Å²) in [4.78, 5) is 29.7. The molecule has 7 rings (SSSR count). The molecular formula is C31H35N7O3. The number of likely N-dealkylation sites (tertiary alicyclic amines) is 1. The van der Waals surface area contributed by atoms with Crippen LogP contribution in [0, 0.1) is 0 Å². The summed E-state index contributed by atoms with van der Waals surface area (Å²) in [6.45, 7) is 3.16. The van der Waals surface area contributed by atoms with E-state index in [-0.39, 0.29) is 11.9 Å². The average Bonchev–Trinajstić information content (AvgIpc) is 3.75. The van der Waals surface area contributed by atoms with Gasteiger partial charge in [-0.1, -0.05) is 17.6 Å². The molecule has 4 aromatic heterocycles. The molecule has 2 fully saturated rings. The zero-order valence-electron chi connectivity index (χ0n) is 23.6. The summed E-state index contributed by atoms with van der Waals surface area (Å²) in [5, 5.41) is 9.25. The Morgan fingerprint density at radius 2 is 1.98 bits per heavy atom. The van der Waals surface area contributed by atoms with Crippen LogP contribution in [0.4, 0.5) is 0 Å². The molecule has 10 nitrogen and oxygen atoms in total. The van der Waals surface area contributed by atoms with Crippen LogP contribution in [0.2, 0.25) is 0 Å². The molecule has 212 valence electrons. The molecule has 0 unspecified atom stereocenters. The van der Waals surface area contributed by atoms with E-state index in [0.29, 0.717) is 35.7 Å². The number of Topliss-reactive ketones (excluding diaryl/α,β-unsaturated/α-hetero) is 1. The van der Waals surface area contributed by atoms with Crippen molar-refractivity contribution in [1.82, 2.24) is 34.8 Å². The number of carbonyl (C=O) groups is 1. The molecule has 0 aromatic carbocycles. The maximum atomic E-state index is 13.2. The molecule has 3 aliphatic rings. The standard InChI is InChI=1S/C31H35N7O3/c1-20(24-11-8-17-37(24)2)40-27-19-26(38-18-13-23(35-38)22-10-4-6-16-32-22)33-30(34-27)28-21-9-7-15-31(29(21)41-36-28)14-5-3-12-25(31)39/h4,6,10,13,16,18-20,24H,3,5,7-9,11-12,14-15,17H2,1-2H3/t20-,24-,31+/m0/s1. The number of pyridine rings is 1. The summed E-state index contributed by atoms with van der Waals surface area (Å²) in [6.07, 6.45) is 11.7. The van der Waals surface area contributed by atoms with E-state index in [0.717, 1.165) is 80.6 Å². The summed E-state index contributed by atoms with van der Waals surface area (Å²) in [6, 6.07) is 9.80. The number of ketones is 1. The number of ether oxygens (including phenoxy) is 1. The molecular weight excluding hydrogens is 518 g/mol. The number of fused-ring (bicyclic) bond motifs is 2. The summed E-state index contributed by atoms with van der Waals surface area (Å²) in [5.74, 6) is 2.44. The Balaban J connectivity index is 1.30. The van der Waals surface area contributed by atoms with Crippen molar-refractivity contribution < 1.29 is 14.1 Å². The smallest absolute Gasteiger partial charge is 0.219 e. The largest absolute Gasteiger partial charge is 0.473 e. The van der Waals surface area contributed by atoms with Gasteiger partial charge in [0.25, 0.3) is 0 Å². The highest BCUT2D eigenvalue weighted by Crippen LogP contribution is 2.47. The molecule has 10 heteroatoms. The minimum atomic E-state index is -0.560. The molecule has 0 radical (unpaired) electrons. The second-order valence-corrected chi connectivity index (χ2v) is 11.7. The van der Waals surface area contributed by atoms with Crippen molar-refractivity contribution in [3.63, 3.8) is 0 Å². The number of likely N-dealkylation sites (N-methyl/N-ethyl adjacent to an activating group) is 1. The third-order valence-electron chi connectivity index (χ3n) is 9.12. The zero-order valence-corrected chi connectivity index (χ0v) is 23.6. The maximum Gasteiger partial charge on any atom is 0.219 e. The number of carbonyl (C=O) groups excluding carboxylic acids is 1. The van der Waals surface area contributed by atoms with Gasteiger partial charge in [0.05, 0.1) is 11.1 Å². The summed E-state index contributed by atoms with van der Waals surface area (Å²) >= 11 is 0. The lowest BCUT2D eigenvalue weighted by Crippen LogP contribution is -2.41. The van der Waals surface area contributed by atoms with Crippen molar-refractivity contribution in [2.75, 3.05) is 13.6 Å². The van der Waals surface area contributed by atoms with E-state index < -0.39 is 5.41 Å². The first-order valence-corrected chi connectivity index (χ1v) is 14.8. The number of aromatic nitrogens is 6. The van der Waals surface area contributed by atoms with Gasteiger partial charge in [0.15, 0.2) is 23.1 Å². The average molecular weight is 554 g/mol. The molecule has 3 atom stereocenters. The van der Waals surface area contributed by atoms with Crippen LogP contribution in [0.1, 0.15) is 69.6 Å². The van der Waals surface area contributed by atoms with Gasteiger partial charge in [-0.15, -0.1) is 0 Å². The van der Waals surface area contributed by atoms with Crippen LogP contribution in [0.3, 0.4) is 0 Å². The minimum Gasteiger partial charge on any atom is -0.473 e. The lowest BCUT2D eigenvalue weighted by Gasteiger charge is -2.36. The second-order valence-electron chi connectivity index (χ2n) is 11.7. The monoisotopic (exact) mass is 553 g/mol. The van der Waals surface area contributed by atoms with Crippen LogP contribution in [0.15, 0.2) is 47.2 Å². The molecule has 0 amide bonds. The van der Waals surface area contributed by atoms with Gasteiger partial charge < -0.3 is 9.26 Å². The van der Waals surface area contributed by atoms with Crippen LogP contribution >= 0.6 is 0 Å². The van der Waals surface area contributed by atoms with Crippen LogP contribution < -0.4 is 4.74 Å². The fourth-order valence-electron chi connectivity index (χ4n) is 6.97. The summed E-state index contributed by atoms with van der Waals surface area (Å²) < 4.78 is 14.2. The lowest BCUT2D eigenvalue weighted by molar-refractivity contribution is -0.128. The number of rotatable bonds is 6. The van der Waals surface area contributed by atoms with E-state index in [1.807, 2.05) is 36.5 Å². The van der Waals surface area contributed by atoms with E-state index in [9.17, 15) is 4.79 Å². The number of hydrogen-bond acceptors (Lipinski definition) is 9. The third kappa shape index (κ3) is 4.64. The third-order valence-corrected chi connectivity index (χ3v) is 9.12. The number of nitrogens with zero attached hydrogens (tertiary/aromatic N) is 7. The van der Waals surface area contributed by atoms with Gasteiger partial charge in [-0.05, 0) is 83.7 Å². The van der Waals surface area contributed by atoms with Crippen LogP contribution in [-0.2, 0) is 16.6 Å². The highest BCUT2D eigenvalue weighted by atomic mass is 16.5. The van der Waals surface area contributed by atoms with Crippen molar-refractivity contribution in [3.8, 4) is 34.6 Å². The van der Waals surface area contributed by atoms with Crippen molar-refractivity contribution in [3.05, 3.63) is 54.0 Å². The van der Waals surface area contributed by atoms with Gasteiger partial charge in [0, 0.05) is 36.5 Å². The van der Waals surface area contributed by atoms with E-state index in [1.54, 1.807) is 10.9 Å². The van der Waals surface area contributed by atoms with E-state index in [4.69, 9.17) is 24.3 Å². The highest BCUT2D eigenvalue weighted by Gasteiger charge is 2.48. The Morgan fingerprint density at radius 3 is 2.78 bits per heavy atom. The van der Waals surface area contributed by atoms with Crippen LogP contribution in [-0.4, -0.2) is 66.3 Å². The van der Waals surface area contributed by atoms with Crippen molar-refractivity contribution in [1.29, 1.82) is 0 Å². The van der Waals surface area contributed by atoms with Crippen molar-refractivity contribution >= 4 is 5.78 Å². The predicted octanol–water partition coefficient (Wildman–Crippen LogP) is 4.96. The normalized spacial score (nSPS) is 23.6. The van der Waals surface area contributed by atoms with Crippen LogP contribution in [0.5, 0.6) is 5.88 Å². The van der Waals surface area contributed by atoms with E-state index in [1.165, 1.54) is 0 Å². The molecule has 2 aliphatic carbocycles. The first-order valence-electron chi connectivity index (χ1n) is 14.8. The molecule has 41 heavy (non-hydrogen) atoms. The Labute approximate surface area is 239 Å². The fraction of sp³-hybridized carbons (Fsp3) is 0.484. The second kappa shape index (κ2) is 10.5. The SMILES string of the molecule is C[C@H](Oc1cc(-n2ccc(-c3ccccn3)n2)nc(-c2noc3c2CCC[C@@]32CCCCC2=O)n1)[C@@H]1CCCN1C. The molecule has 1 saturated heterocycles. The molecule has 1 saturated carbocycles. The Hall–Kier alpha value is -3.92. The van der Waals surface area contributed by atoms with Crippen LogP contribution in [0.25, 0.3) is 28.7 Å². The Bertz CT molecular complexity index is 1560. The van der Waals surface area contributed by atoms with Gasteiger partial charge in [-0.2, -0.15) is 10.1 Å². The Kier molecular flexibility index (Phi) is 6.65. The quantitative estimate of drug-likeness (QED) is 0.327. The molecule has 4 aromatic rings. The van der Waals surface area contributed by atoms with Crippen molar-refractivity contribution in [2.24, 2.45) is 0 Å². The molecule has 0 bridgehead atoms. The first kappa shape index (κ1) is 26.0. The van der Waals surface area contributed by atoms with E-state index in [2.05, 4.69) is 29.0 Å². The van der Waals surface area contributed by atoms with Gasteiger partial charge in [-0.25, -0.2) is 9.67 Å². The first-order chi connectivity index (χ1) is 20.0. The molecule has 1 spiro atoms. The Morgan fingerprint density at radius 1 is 1.07 bits per heavy atom. The van der Waals surface area contributed by atoms with Gasteiger partial charge >= 0.3 is 0 Å². The topological polar surface area (TPSA) is 112 Å². The van der Waals surface area contributed by atoms with Gasteiger partial charge in [-0.3, -0.25) is 14.7 Å². The van der Waals surface area contributed by atoms with Crippen molar-refractivity contribution in [2.45, 2.75) is 82.3 Å². The molecule has 0 N–H and O–H groups in total. The minimum absolute atomic E-state index is 0.0610. The van der Waals surface area contributed by atoms with Gasteiger partial charge in [0.1, 0.15) is 17.6 Å². The van der Waals surface area contributed by atoms with Gasteiger partial charge in [0.2, 0.25) is 5.88 Å². The predicted molar refractivity (Wildman–Crippen MR) is 152 cm³/mol. The summed E-state index contributed by atoms with van der Waals surface area (Å²) in [7, 11) is 2.14. The van der Waals surface area contributed by atoms with E-state index >= 15 is 0 Å². The highest BCUT2D eigenvalue weighted by molar-refractivity contribution is 5.91. The fourth-order valence-corrected chi connectivity index (χ4v) is 6.97.